The van der Waals surface area contributed by atoms with E-state index in [-0.39, 0.29) is 17.9 Å². The molecule has 1 aliphatic carbocycles. The molecule has 1 saturated carbocycles. The zero-order chi connectivity index (χ0) is 15.4. The number of nitrogens with one attached hydrogen (secondary N) is 2. The highest BCUT2D eigenvalue weighted by atomic mass is 16.2. The lowest BCUT2D eigenvalue weighted by molar-refractivity contribution is -0.116. The predicted octanol–water partition coefficient (Wildman–Crippen LogP) is 1.80. The molecule has 22 heavy (non-hydrogen) atoms. The number of benzene rings is 1. The van der Waals surface area contributed by atoms with E-state index in [0.717, 1.165) is 12.8 Å². The number of amides is 2. The molecular weight excluding hydrogens is 280 g/mol. The second-order valence-corrected chi connectivity index (χ2v) is 5.36. The summed E-state index contributed by atoms with van der Waals surface area (Å²) in [5.74, 6) is -0.271. The van der Waals surface area contributed by atoms with Gasteiger partial charge in [0.25, 0.3) is 5.91 Å². The SMILES string of the molecule is O=C(CCn1cccn1)Nc1ccccc1C(=O)NC1CC1. The standard InChI is InChI=1S/C16H18N4O2/c21-15(8-11-20-10-3-9-17-20)19-14-5-2-1-4-13(14)16(22)18-12-6-7-12/h1-5,9-10,12H,6-8,11H2,(H,18,22)(H,19,21). The molecule has 1 heterocycles. The van der Waals surface area contributed by atoms with E-state index in [1.165, 1.54) is 0 Å². The van der Waals surface area contributed by atoms with Crippen LogP contribution in [0.5, 0.6) is 0 Å². The number of carbonyl (C=O) groups excluding carboxylic acids is 2. The molecule has 0 radical (unpaired) electrons. The monoisotopic (exact) mass is 298 g/mol. The molecule has 0 bridgehead atoms. The fourth-order valence-corrected chi connectivity index (χ4v) is 2.14. The van der Waals surface area contributed by atoms with Crippen LogP contribution in [0.2, 0.25) is 0 Å². The van der Waals surface area contributed by atoms with Gasteiger partial charge < -0.3 is 10.6 Å². The topological polar surface area (TPSA) is 76.0 Å². The van der Waals surface area contributed by atoms with Gasteiger partial charge in [-0.1, -0.05) is 12.1 Å². The number of aryl methyl sites for hydroxylation is 1. The average Bonchev–Trinajstić information content (AvgIpc) is 3.17. The van der Waals surface area contributed by atoms with Crippen LogP contribution in [0, 0.1) is 0 Å². The summed E-state index contributed by atoms with van der Waals surface area (Å²) >= 11 is 0. The van der Waals surface area contributed by atoms with E-state index in [9.17, 15) is 9.59 Å². The number of rotatable bonds is 6. The number of carbonyl (C=O) groups is 2. The number of anilines is 1. The molecule has 6 heteroatoms. The van der Waals surface area contributed by atoms with E-state index >= 15 is 0 Å². The highest BCUT2D eigenvalue weighted by molar-refractivity contribution is 6.03. The van der Waals surface area contributed by atoms with Gasteiger partial charge in [0.1, 0.15) is 0 Å². The molecule has 2 aromatic rings. The molecule has 0 spiro atoms. The molecule has 1 aromatic heterocycles. The first-order valence-electron chi connectivity index (χ1n) is 7.39. The third-order valence-electron chi connectivity index (χ3n) is 3.49. The summed E-state index contributed by atoms with van der Waals surface area (Å²) < 4.78 is 1.70. The molecule has 0 aliphatic heterocycles. The van der Waals surface area contributed by atoms with Crippen molar-refractivity contribution >= 4 is 17.5 Å². The van der Waals surface area contributed by atoms with Crippen LogP contribution in [0.1, 0.15) is 29.6 Å². The van der Waals surface area contributed by atoms with Crippen molar-refractivity contribution in [1.82, 2.24) is 15.1 Å². The van der Waals surface area contributed by atoms with Crippen LogP contribution in [0.4, 0.5) is 5.69 Å². The Morgan fingerprint density at radius 1 is 1.23 bits per heavy atom. The van der Waals surface area contributed by atoms with Gasteiger partial charge in [0.15, 0.2) is 0 Å². The molecule has 0 unspecified atom stereocenters. The number of hydrogen-bond donors (Lipinski definition) is 2. The Morgan fingerprint density at radius 2 is 2.05 bits per heavy atom. The minimum atomic E-state index is -0.137. The van der Waals surface area contributed by atoms with E-state index in [2.05, 4.69) is 15.7 Å². The number of para-hydroxylation sites is 1. The minimum absolute atomic E-state index is 0.134. The lowest BCUT2D eigenvalue weighted by Gasteiger charge is -2.11. The van der Waals surface area contributed by atoms with Gasteiger partial charge in [-0.2, -0.15) is 5.10 Å². The summed E-state index contributed by atoms with van der Waals surface area (Å²) in [6.45, 7) is 0.509. The first-order chi connectivity index (χ1) is 10.7. The van der Waals surface area contributed by atoms with E-state index in [1.54, 1.807) is 35.1 Å². The van der Waals surface area contributed by atoms with Crippen LogP contribution in [0.25, 0.3) is 0 Å². The molecule has 2 amide bonds. The van der Waals surface area contributed by atoms with Crippen molar-refractivity contribution in [3.8, 4) is 0 Å². The van der Waals surface area contributed by atoms with Gasteiger partial charge in [0.2, 0.25) is 5.91 Å². The van der Waals surface area contributed by atoms with Crippen molar-refractivity contribution in [3.05, 3.63) is 48.3 Å². The van der Waals surface area contributed by atoms with Gasteiger partial charge in [-0.05, 0) is 31.0 Å². The summed E-state index contributed by atoms with van der Waals surface area (Å²) in [6.07, 6.45) is 5.86. The molecular formula is C16H18N4O2. The van der Waals surface area contributed by atoms with Crippen molar-refractivity contribution in [2.45, 2.75) is 31.8 Å². The maximum Gasteiger partial charge on any atom is 0.253 e. The molecule has 3 rings (SSSR count). The Labute approximate surface area is 128 Å². The van der Waals surface area contributed by atoms with Crippen molar-refractivity contribution in [1.29, 1.82) is 0 Å². The van der Waals surface area contributed by atoms with Crippen LogP contribution in [-0.2, 0) is 11.3 Å². The van der Waals surface area contributed by atoms with Gasteiger partial charge in [-0.3, -0.25) is 14.3 Å². The molecule has 1 fully saturated rings. The van der Waals surface area contributed by atoms with Gasteiger partial charge in [-0.15, -0.1) is 0 Å². The van der Waals surface area contributed by atoms with Gasteiger partial charge in [0, 0.05) is 31.4 Å². The smallest absolute Gasteiger partial charge is 0.253 e. The maximum atomic E-state index is 12.2. The molecule has 0 saturated heterocycles. The Bertz CT molecular complexity index is 663. The van der Waals surface area contributed by atoms with Gasteiger partial charge in [0.05, 0.1) is 11.3 Å². The molecule has 0 atom stereocenters. The van der Waals surface area contributed by atoms with Crippen molar-refractivity contribution in [3.63, 3.8) is 0 Å². The Hall–Kier alpha value is -2.63. The van der Waals surface area contributed by atoms with Crippen molar-refractivity contribution in [2.24, 2.45) is 0 Å². The van der Waals surface area contributed by atoms with Crippen molar-refractivity contribution < 1.29 is 9.59 Å². The summed E-state index contributed by atoms with van der Waals surface area (Å²) in [5, 5.41) is 9.79. The second kappa shape index (κ2) is 6.43. The zero-order valence-corrected chi connectivity index (χ0v) is 12.2. The lowest BCUT2D eigenvalue weighted by Crippen LogP contribution is -2.27. The highest BCUT2D eigenvalue weighted by Gasteiger charge is 2.24. The Kier molecular flexibility index (Phi) is 4.18. The summed E-state index contributed by atoms with van der Waals surface area (Å²) in [4.78, 5) is 24.2. The first kappa shape index (κ1) is 14.3. The van der Waals surface area contributed by atoms with Crippen LogP contribution >= 0.6 is 0 Å². The van der Waals surface area contributed by atoms with Crippen molar-refractivity contribution in [2.75, 3.05) is 5.32 Å². The van der Waals surface area contributed by atoms with E-state index in [1.807, 2.05) is 12.3 Å². The van der Waals surface area contributed by atoms with Crippen LogP contribution in [-0.4, -0.2) is 27.6 Å². The van der Waals surface area contributed by atoms with Crippen LogP contribution < -0.4 is 10.6 Å². The predicted molar refractivity (Wildman–Crippen MR) is 82.4 cm³/mol. The van der Waals surface area contributed by atoms with Crippen LogP contribution in [0.3, 0.4) is 0 Å². The summed E-state index contributed by atoms with van der Waals surface area (Å²) in [6, 6.07) is 9.17. The lowest BCUT2D eigenvalue weighted by atomic mass is 10.1. The van der Waals surface area contributed by atoms with E-state index in [4.69, 9.17) is 0 Å². The number of nitrogens with zero attached hydrogens (tertiary/aromatic N) is 2. The summed E-state index contributed by atoms with van der Waals surface area (Å²) in [5.41, 5.74) is 1.05. The van der Waals surface area contributed by atoms with E-state index in [0.29, 0.717) is 24.2 Å². The largest absolute Gasteiger partial charge is 0.349 e. The third-order valence-corrected chi connectivity index (χ3v) is 3.49. The minimum Gasteiger partial charge on any atom is -0.349 e. The van der Waals surface area contributed by atoms with E-state index < -0.39 is 0 Å². The van der Waals surface area contributed by atoms with Gasteiger partial charge >= 0.3 is 0 Å². The average molecular weight is 298 g/mol. The number of hydrogen-bond acceptors (Lipinski definition) is 3. The Morgan fingerprint density at radius 3 is 2.77 bits per heavy atom. The molecule has 114 valence electrons. The second-order valence-electron chi connectivity index (χ2n) is 5.36. The number of aromatic nitrogens is 2. The third kappa shape index (κ3) is 3.72. The zero-order valence-electron chi connectivity index (χ0n) is 12.2. The fraction of sp³-hybridized carbons (Fsp3) is 0.312. The Balaban J connectivity index is 1.61. The molecule has 6 nitrogen and oxygen atoms in total. The normalized spacial score (nSPS) is 13.6. The highest BCUT2D eigenvalue weighted by Crippen LogP contribution is 2.21. The maximum absolute atomic E-state index is 12.2. The fourth-order valence-electron chi connectivity index (χ4n) is 2.14. The van der Waals surface area contributed by atoms with Gasteiger partial charge in [-0.25, -0.2) is 0 Å². The molecule has 2 N–H and O–H groups in total. The summed E-state index contributed by atoms with van der Waals surface area (Å²) in [7, 11) is 0. The molecule has 1 aromatic carbocycles. The molecule has 1 aliphatic rings. The first-order valence-corrected chi connectivity index (χ1v) is 7.39. The van der Waals surface area contributed by atoms with Crippen LogP contribution in [0.15, 0.2) is 42.7 Å². The quantitative estimate of drug-likeness (QED) is 0.854.